The van der Waals surface area contributed by atoms with Crippen molar-refractivity contribution in [3.05, 3.63) is 53.7 Å². The summed E-state index contributed by atoms with van der Waals surface area (Å²) >= 11 is 0. The number of hydrogen-bond donors (Lipinski definition) is 1. The Kier molecular flexibility index (Phi) is 5.07. The molecule has 1 aromatic heterocycles. The van der Waals surface area contributed by atoms with Crippen LogP contribution in [-0.4, -0.2) is 24.3 Å². The van der Waals surface area contributed by atoms with E-state index in [-0.39, 0.29) is 6.10 Å². The molecule has 1 aliphatic heterocycles. The molecule has 118 valence electrons. The molecule has 23 heavy (non-hydrogen) atoms. The number of nitrogens with zero attached hydrogens (tertiary/aromatic N) is 2. The summed E-state index contributed by atoms with van der Waals surface area (Å²) in [5.41, 5.74) is 1.65. The van der Waals surface area contributed by atoms with Crippen molar-refractivity contribution in [3.63, 3.8) is 0 Å². The maximum atomic E-state index is 9.04. The molecule has 1 aromatic carbocycles. The Balaban J connectivity index is 1.52. The van der Waals surface area contributed by atoms with Gasteiger partial charge in [0.25, 0.3) is 0 Å². The van der Waals surface area contributed by atoms with Gasteiger partial charge in [-0.05, 0) is 42.7 Å². The van der Waals surface area contributed by atoms with Crippen LogP contribution < -0.4 is 10.1 Å². The predicted molar refractivity (Wildman–Crippen MR) is 87.2 cm³/mol. The van der Waals surface area contributed by atoms with Crippen molar-refractivity contribution in [2.24, 2.45) is 0 Å². The average Bonchev–Trinajstić information content (AvgIpc) is 3.13. The van der Waals surface area contributed by atoms with Gasteiger partial charge in [-0.3, -0.25) is 0 Å². The van der Waals surface area contributed by atoms with Gasteiger partial charge in [0.2, 0.25) is 0 Å². The van der Waals surface area contributed by atoms with Gasteiger partial charge in [0.05, 0.1) is 11.7 Å². The lowest BCUT2D eigenvalue weighted by Gasteiger charge is -2.12. The first kappa shape index (κ1) is 15.3. The molecule has 0 radical (unpaired) electrons. The largest absolute Gasteiger partial charge is 0.491 e. The highest BCUT2D eigenvalue weighted by atomic mass is 16.5. The second-order valence-electron chi connectivity index (χ2n) is 5.45. The lowest BCUT2D eigenvalue weighted by Crippen LogP contribution is -2.16. The van der Waals surface area contributed by atoms with Crippen LogP contribution in [0.15, 0.2) is 42.6 Å². The van der Waals surface area contributed by atoms with Gasteiger partial charge in [0.15, 0.2) is 0 Å². The quantitative estimate of drug-likeness (QED) is 0.888. The third kappa shape index (κ3) is 4.21. The Labute approximate surface area is 135 Å². The van der Waals surface area contributed by atoms with Crippen LogP contribution >= 0.6 is 0 Å². The van der Waals surface area contributed by atoms with E-state index in [4.69, 9.17) is 14.7 Å². The summed E-state index contributed by atoms with van der Waals surface area (Å²) in [4.78, 5) is 4.18. The van der Waals surface area contributed by atoms with E-state index in [1.165, 1.54) is 0 Å². The van der Waals surface area contributed by atoms with Crippen LogP contribution in [0.1, 0.15) is 24.0 Å². The Morgan fingerprint density at radius 1 is 1.30 bits per heavy atom. The van der Waals surface area contributed by atoms with Gasteiger partial charge in [-0.25, -0.2) is 4.98 Å². The summed E-state index contributed by atoms with van der Waals surface area (Å²) < 4.78 is 11.3. The number of nitrogens with one attached hydrogen (secondary N) is 1. The number of ether oxygens (including phenoxy) is 2. The zero-order valence-corrected chi connectivity index (χ0v) is 12.9. The van der Waals surface area contributed by atoms with Crippen LogP contribution in [0.4, 0.5) is 5.82 Å². The molecule has 1 saturated heterocycles. The molecule has 2 heterocycles. The van der Waals surface area contributed by atoms with Gasteiger partial charge in [0.1, 0.15) is 24.2 Å². The van der Waals surface area contributed by atoms with Gasteiger partial charge in [0, 0.05) is 19.3 Å². The molecular formula is C18H19N3O2. The fraction of sp³-hybridized carbons (Fsp3) is 0.333. The third-order valence-electron chi connectivity index (χ3n) is 3.77. The minimum Gasteiger partial charge on any atom is -0.491 e. The molecule has 0 spiro atoms. The predicted octanol–water partition coefficient (Wildman–Crippen LogP) is 3.12. The molecule has 0 saturated carbocycles. The van der Waals surface area contributed by atoms with E-state index in [9.17, 15) is 0 Å². The van der Waals surface area contributed by atoms with E-state index in [0.717, 1.165) is 30.8 Å². The highest BCUT2D eigenvalue weighted by Gasteiger charge is 2.15. The second-order valence-corrected chi connectivity index (χ2v) is 5.45. The van der Waals surface area contributed by atoms with Crippen molar-refractivity contribution in [2.75, 3.05) is 18.5 Å². The van der Waals surface area contributed by atoms with Crippen molar-refractivity contribution in [2.45, 2.75) is 25.5 Å². The molecule has 1 fully saturated rings. The van der Waals surface area contributed by atoms with Crippen LogP contribution in [0, 0.1) is 11.3 Å². The normalized spacial score (nSPS) is 16.7. The van der Waals surface area contributed by atoms with Gasteiger partial charge in [-0.2, -0.15) is 5.26 Å². The molecule has 2 aromatic rings. The Bertz CT molecular complexity index is 673. The number of aromatic nitrogens is 1. The first-order valence-corrected chi connectivity index (χ1v) is 7.77. The number of anilines is 1. The molecule has 0 bridgehead atoms. The van der Waals surface area contributed by atoms with Crippen LogP contribution in [0.3, 0.4) is 0 Å². The molecule has 0 unspecified atom stereocenters. The maximum Gasteiger partial charge on any atom is 0.144 e. The molecule has 0 aliphatic carbocycles. The summed E-state index contributed by atoms with van der Waals surface area (Å²) in [5, 5.41) is 12.2. The summed E-state index contributed by atoms with van der Waals surface area (Å²) in [5.74, 6) is 1.45. The maximum absolute atomic E-state index is 9.04. The zero-order chi connectivity index (χ0) is 15.9. The van der Waals surface area contributed by atoms with Crippen LogP contribution in [0.2, 0.25) is 0 Å². The fourth-order valence-corrected chi connectivity index (χ4v) is 2.49. The lowest BCUT2D eigenvalue weighted by molar-refractivity contribution is 0.0679. The van der Waals surface area contributed by atoms with Crippen molar-refractivity contribution in [3.8, 4) is 11.8 Å². The van der Waals surface area contributed by atoms with Crippen molar-refractivity contribution in [1.82, 2.24) is 4.98 Å². The minimum atomic E-state index is 0.227. The number of rotatable bonds is 6. The molecule has 1 atom stereocenters. The van der Waals surface area contributed by atoms with Crippen LogP contribution in [0.25, 0.3) is 0 Å². The topological polar surface area (TPSA) is 67.2 Å². The van der Waals surface area contributed by atoms with Gasteiger partial charge in [-0.15, -0.1) is 0 Å². The third-order valence-corrected chi connectivity index (χ3v) is 3.77. The van der Waals surface area contributed by atoms with E-state index in [2.05, 4.69) is 16.4 Å². The summed E-state index contributed by atoms with van der Waals surface area (Å²) in [7, 11) is 0. The molecule has 5 heteroatoms. The molecular weight excluding hydrogens is 290 g/mol. The van der Waals surface area contributed by atoms with Crippen molar-refractivity contribution >= 4 is 5.82 Å². The Morgan fingerprint density at radius 2 is 2.17 bits per heavy atom. The zero-order valence-electron chi connectivity index (χ0n) is 12.9. The summed E-state index contributed by atoms with van der Waals surface area (Å²) in [6, 6.07) is 13.6. The molecule has 1 aliphatic rings. The summed E-state index contributed by atoms with van der Waals surface area (Å²) in [6.45, 7) is 2.06. The van der Waals surface area contributed by atoms with E-state index in [1.54, 1.807) is 18.3 Å². The average molecular weight is 309 g/mol. The van der Waals surface area contributed by atoms with Gasteiger partial charge in [-0.1, -0.05) is 12.1 Å². The smallest absolute Gasteiger partial charge is 0.144 e. The van der Waals surface area contributed by atoms with Gasteiger partial charge >= 0.3 is 0 Å². The number of benzene rings is 1. The first-order valence-electron chi connectivity index (χ1n) is 7.77. The van der Waals surface area contributed by atoms with Crippen molar-refractivity contribution in [1.29, 1.82) is 5.26 Å². The Hall–Kier alpha value is -2.58. The van der Waals surface area contributed by atoms with Crippen LogP contribution in [-0.2, 0) is 11.3 Å². The molecule has 3 rings (SSSR count). The number of nitriles is 1. The van der Waals surface area contributed by atoms with E-state index in [1.807, 2.05) is 24.3 Å². The summed E-state index contributed by atoms with van der Waals surface area (Å²) in [6.07, 6.45) is 4.10. The molecule has 1 N–H and O–H groups in total. The first-order chi connectivity index (χ1) is 11.3. The minimum absolute atomic E-state index is 0.227. The van der Waals surface area contributed by atoms with E-state index >= 15 is 0 Å². The number of pyridine rings is 1. The van der Waals surface area contributed by atoms with Gasteiger partial charge < -0.3 is 14.8 Å². The number of hydrogen-bond acceptors (Lipinski definition) is 5. The molecule has 0 amide bonds. The lowest BCUT2D eigenvalue weighted by atomic mass is 10.2. The van der Waals surface area contributed by atoms with Crippen molar-refractivity contribution < 1.29 is 9.47 Å². The fourth-order valence-electron chi connectivity index (χ4n) is 2.49. The highest BCUT2D eigenvalue weighted by Crippen LogP contribution is 2.17. The molecule has 5 nitrogen and oxygen atoms in total. The Morgan fingerprint density at radius 3 is 2.91 bits per heavy atom. The highest BCUT2D eigenvalue weighted by molar-refractivity contribution is 5.51. The monoisotopic (exact) mass is 309 g/mol. The second kappa shape index (κ2) is 7.61. The van der Waals surface area contributed by atoms with Crippen LogP contribution in [0.5, 0.6) is 5.75 Å². The van der Waals surface area contributed by atoms with E-state index < -0.39 is 0 Å². The standard InChI is InChI=1S/C18H19N3O2/c19-11-15-3-1-9-20-18(15)21-12-14-5-7-16(8-6-14)23-13-17-4-2-10-22-17/h1,3,5-9,17H,2,4,10,12-13H2,(H,20,21)/t17-/m0/s1. The SMILES string of the molecule is N#Cc1cccnc1NCc1ccc(OC[C@@H]2CCCO2)cc1. The van der Waals surface area contributed by atoms with E-state index in [0.29, 0.717) is 24.5 Å².